The topological polar surface area (TPSA) is 63.2 Å². The number of sulfone groups is 1. The van der Waals surface area contributed by atoms with Crippen LogP contribution in [0.1, 0.15) is 105 Å². The van der Waals surface area contributed by atoms with Gasteiger partial charge >= 0.3 is 0 Å². The van der Waals surface area contributed by atoms with Gasteiger partial charge in [-0.05, 0) is 145 Å². The second-order valence-electron chi connectivity index (χ2n) is 16.9. The Balaban J connectivity index is 1.09. The number of benzene rings is 1. The third-order valence-electron chi connectivity index (χ3n) is 14.7. The van der Waals surface area contributed by atoms with Crippen molar-refractivity contribution in [3.63, 3.8) is 0 Å². The summed E-state index contributed by atoms with van der Waals surface area (Å²) < 4.78 is 26.1. The van der Waals surface area contributed by atoms with Gasteiger partial charge in [0.15, 0.2) is 9.84 Å². The van der Waals surface area contributed by atoms with E-state index in [1.54, 1.807) is 17.7 Å². The van der Waals surface area contributed by atoms with E-state index in [-0.39, 0.29) is 16.7 Å². The van der Waals surface area contributed by atoms with E-state index in [4.69, 9.17) is 0 Å². The molecule has 4 nitrogen and oxygen atoms in total. The molecule has 1 N–H and O–H groups in total. The van der Waals surface area contributed by atoms with Crippen molar-refractivity contribution in [3.8, 4) is 0 Å². The number of rotatable bonds is 7. The van der Waals surface area contributed by atoms with E-state index in [1.807, 2.05) is 18.2 Å². The maximum atomic E-state index is 13.1. The summed E-state index contributed by atoms with van der Waals surface area (Å²) >= 11 is 0. The lowest BCUT2D eigenvalue weighted by Gasteiger charge is -2.68. The maximum Gasteiger partial charge on any atom is 0.179 e. The van der Waals surface area contributed by atoms with Gasteiger partial charge in [-0.3, -0.25) is 4.79 Å². The first kappa shape index (κ1) is 31.6. The SMILES string of the molecule is CC1(C)C(C2=CC=C(C=O)CC2)=CCC2(C)C1CCC1(C)C3CC[C@@]4(NCCS(=O)(=O)c5ccccc5)CCC[C@@H]4C3CCC12. The summed E-state index contributed by atoms with van der Waals surface area (Å²) in [6, 6.07) is 8.97. The van der Waals surface area contributed by atoms with Crippen LogP contribution in [0.25, 0.3) is 0 Å². The van der Waals surface area contributed by atoms with Crippen LogP contribution in [0.15, 0.2) is 70.2 Å². The molecule has 1 aromatic carbocycles. The molecule has 244 valence electrons. The van der Waals surface area contributed by atoms with Crippen molar-refractivity contribution in [1.29, 1.82) is 0 Å². The Morgan fingerprint density at radius 2 is 1.64 bits per heavy atom. The Morgan fingerprint density at radius 1 is 0.844 bits per heavy atom. The highest BCUT2D eigenvalue weighted by atomic mass is 32.2. The standard InChI is InChI=1S/C40H55NO3S/c1-37(2)32(29-14-12-28(27-42)13-15-29)18-22-39(4)35(37)20-23-38(3)33-19-24-40(21-8-11-34(40)31(33)16-17-36(38)39)41-25-26-45(43,44)30-9-6-5-7-10-30/h5-7,9-10,12,14,18,27,31,33-36,41H,8,11,13,15-17,19-26H2,1-4H3/t31?,33?,34-,35?,36?,38?,39?,40+/m1/s1. The maximum absolute atomic E-state index is 13.1. The van der Waals surface area contributed by atoms with Crippen molar-refractivity contribution < 1.29 is 13.2 Å². The first-order chi connectivity index (χ1) is 21.4. The number of carbonyl (C=O) groups is 1. The first-order valence-corrected chi connectivity index (χ1v) is 19.7. The average Bonchev–Trinajstić information content (AvgIpc) is 3.45. The molecule has 7 rings (SSSR count). The molecule has 0 spiro atoms. The molecule has 5 heteroatoms. The fraction of sp³-hybridized carbons (Fsp3) is 0.675. The minimum Gasteiger partial charge on any atom is -0.310 e. The van der Waals surface area contributed by atoms with Gasteiger partial charge in [0.1, 0.15) is 6.29 Å². The van der Waals surface area contributed by atoms with Crippen molar-refractivity contribution in [2.24, 2.45) is 45.8 Å². The van der Waals surface area contributed by atoms with Gasteiger partial charge in [0.05, 0.1) is 10.6 Å². The summed E-state index contributed by atoms with van der Waals surface area (Å²) in [5, 5.41) is 3.93. The molecule has 6 aliphatic carbocycles. The van der Waals surface area contributed by atoms with Crippen LogP contribution in [0, 0.1) is 45.8 Å². The van der Waals surface area contributed by atoms with Crippen molar-refractivity contribution in [1.82, 2.24) is 5.32 Å². The molecule has 0 aromatic heterocycles. The van der Waals surface area contributed by atoms with Gasteiger partial charge in [0, 0.05) is 12.1 Å². The van der Waals surface area contributed by atoms with Crippen LogP contribution in [0.5, 0.6) is 0 Å². The molecule has 1 aromatic rings. The Hall–Kier alpha value is -1.98. The van der Waals surface area contributed by atoms with Gasteiger partial charge in [0.2, 0.25) is 0 Å². The zero-order chi connectivity index (χ0) is 31.7. The van der Waals surface area contributed by atoms with Crippen LogP contribution >= 0.6 is 0 Å². The number of fused-ring (bicyclic) bond motifs is 7. The molecule has 6 unspecified atom stereocenters. The molecule has 4 fully saturated rings. The van der Waals surface area contributed by atoms with Crippen molar-refractivity contribution >= 4 is 16.1 Å². The lowest BCUT2D eigenvalue weighted by Crippen LogP contribution is -2.63. The Morgan fingerprint density at radius 3 is 2.38 bits per heavy atom. The molecular formula is C40H55NO3S. The predicted molar refractivity (Wildman–Crippen MR) is 182 cm³/mol. The van der Waals surface area contributed by atoms with Crippen molar-refractivity contribution in [3.05, 3.63) is 65.3 Å². The number of nitrogens with one attached hydrogen (secondary N) is 1. The van der Waals surface area contributed by atoms with Crippen molar-refractivity contribution in [2.45, 2.75) is 115 Å². The normalized spacial score (nSPS) is 40.5. The summed E-state index contributed by atoms with van der Waals surface area (Å²) in [5.74, 6) is 3.82. The highest BCUT2D eigenvalue weighted by Crippen LogP contribution is 2.72. The molecule has 8 atom stereocenters. The molecule has 45 heavy (non-hydrogen) atoms. The van der Waals surface area contributed by atoms with E-state index in [1.165, 1.54) is 69.8 Å². The number of aldehydes is 1. The van der Waals surface area contributed by atoms with Crippen LogP contribution < -0.4 is 5.32 Å². The number of allylic oxidation sites excluding steroid dienone is 6. The van der Waals surface area contributed by atoms with Crippen LogP contribution in [0.2, 0.25) is 0 Å². The monoisotopic (exact) mass is 629 g/mol. The van der Waals surface area contributed by atoms with Gasteiger partial charge in [-0.1, -0.05) is 70.5 Å². The Labute approximate surface area is 272 Å². The fourth-order valence-electron chi connectivity index (χ4n) is 12.8. The smallest absolute Gasteiger partial charge is 0.179 e. The molecule has 6 aliphatic rings. The Kier molecular flexibility index (Phi) is 7.95. The quantitative estimate of drug-likeness (QED) is 0.307. The molecule has 4 saturated carbocycles. The van der Waals surface area contributed by atoms with E-state index in [9.17, 15) is 13.2 Å². The number of carbonyl (C=O) groups excluding carboxylic acids is 1. The minimum atomic E-state index is -3.27. The predicted octanol–water partition coefficient (Wildman–Crippen LogP) is 8.65. The minimum absolute atomic E-state index is 0.119. The molecule has 0 radical (unpaired) electrons. The van der Waals surface area contributed by atoms with Gasteiger partial charge in [-0.25, -0.2) is 8.42 Å². The largest absolute Gasteiger partial charge is 0.310 e. The van der Waals surface area contributed by atoms with Gasteiger partial charge in [-0.2, -0.15) is 0 Å². The zero-order valence-electron chi connectivity index (χ0n) is 28.1. The highest BCUT2D eigenvalue weighted by Gasteiger charge is 2.65. The first-order valence-electron chi connectivity index (χ1n) is 18.0. The van der Waals surface area contributed by atoms with Crippen LogP contribution in [-0.2, 0) is 14.6 Å². The van der Waals surface area contributed by atoms with E-state index >= 15 is 0 Å². The summed E-state index contributed by atoms with van der Waals surface area (Å²) in [6.45, 7) is 10.9. The number of hydrogen-bond donors (Lipinski definition) is 1. The molecular weight excluding hydrogens is 575 g/mol. The van der Waals surface area contributed by atoms with Gasteiger partial charge in [-0.15, -0.1) is 0 Å². The van der Waals surface area contributed by atoms with Crippen LogP contribution in [0.3, 0.4) is 0 Å². The van der Waals surface area contributed by atoms with Crippen molar-refractivity contribution in [2.75, 3.05) is 12.3 Å². The zero-order valence-corrected chi connectivity index (χ0v) is 28.9. The summed E-state index contributed by atoms with van der Waals surface area (Å²) in [7, 11) is -3.27. The Bertz CT molecular complexity index is 1520. The highest BCUT2D eigenvalue weighted by molar-refractivity contribution is 7.91. The average molecular weight is 630 g/mol. The van der Waals surface area contributed by atoms with Crippen LogP contribution in [-0.4, -0.2) is 32.5 Å². The second kappa shape index (κ2) is 11.3. The van der Waals surface area contributed by atoms with Gasteiger partial charge in [0.25, 0.3) is 0 Å². The lowest BCUT2D eigenvalue weighted by molar-refractivity contribution is -0.175. The molecule has 0 saturated heterocycles. The molecule has 0 aliphatic heterocycles. The van der Waals surface area contributed by atoms with E-state index < -0.39 is 9.84 Å². The summed E-state index contributed by atoms with van der Waals surface area (Å²) in [6.07, 6.45) is 22.6. The fourth-order valence-corrected chi connectivity index (χ4v) is 14.0. The van der Waals surface area contributed by atoms with Gasteiger partial charge < -0.3 is 5.32 Å². The third-order valence-corrected chi connectivity index (χ3v) is 16.5. The summed E-state index contributed by atoms with van der Waals surface area (Å²) in [4.78, 5) is 11.8. The van der Waals surface area contributed by atoms with E-state index in [0.29, 0.717) is 34.1 Å². The van der Waals surface area contributed by atoms with Crippen LogP contribution in [0.4, 0.5) is 0 Å². The molecule has 0 amide bonds. The lowest BCUT2D eigenvalue weighted by atomic mass is 9.37. The number of hydrogen-bond acceptors (Lipinski definition) is 4. The van der Waals surface area contributed by atoms with E-state index in [0.717, 1.165) is 42.5 Å². The third kappa shape index (κ3) is 5.00. The molecule has 0 bridgehead atoms. The second-order valence-corrected chi connectivity index (χ2v) is 19.0. The molecule has 0 heterocycles. The summed E-state index contributed by atoms with van der Waals surface area (Å²) in [5.41, 5.74) is 4.89. The van der Waals surface area contributed by atoms with E-state index in [2.05, 4.69) is 51.2 Å².